The smallest absolute Gasteiger partial charge is 0.190 e. The van der Waals surface area contributed by atoms with Gasteiger partial charge in [0.2, 0.25) is 0 Å². The Labute approximate surface area is 125 Å². The third-order valence-corrected chi connectivity index (χ3v) is 4.09. The van der Waals surface area contributed by atoms with Crippen LogP contribution in [-0.2, 0) is 0 Å². The maximum absolute atomic E-state index is 4.26. The summed E-state index contributed by atoms with van der Waals surface area (Å²) in [6, 6.07) is 0.771. The molecule has 4 nitrogen and oxygen atoms in total. The molecule has 0 bridgehead atoms. The first-order valence-electron chi connectivity index (χ1n) is 8.32. The number of hydrogen-bond donors (Lipinski definition) is 2. The minimum atomic E-state index is 0.737. The topological polar surface area (TPSA) is 39.7 Å². The molecule has 1 saturated heterocycles. The monoisotopic (exact) mass is 282 g/mol. The Morgan fingerprint density at radius 2 is 2.00 bits per heavy atom. The lowest BCUT2D eigenvalue weighted by Crippen LogP contribution is -2.41. The lowest BCUT2D eigenvalue weighted by atomic mass is 10.0. The van der Waals surface area contributed by atoms with Crippen molar-refractivity contribution in [3.63, 3.8) is 0 Å². The molecule has 0 saturated carbocycles. The normalized spacial score (nSPS) is 21.2. The summed E-state index contributed by atoms with van der Waals surface area (Å²) in [5.41, 5.74) is 0. The fraction of sp³-hybridized carbons (Fsp3) is 0.938. The minimum Gasteiger partial charge on any atom is -0.356 e. The molecule has 0 spiro atoms. The van der Waals surface area contributed by atoms with Gasteiger partial charge in [-0.25, -0.2) is 0 Å². The Balaban J connectivity index is 2.09. The summed E-state index contributed by atoms with van der Waals surface area (Å²) in [6.45, 7) is 11.3. The van der Waals surface area contributed by atoms with E-state index in [9.17, 15) is 0 Å². The minimum absolute atomic E-state index is 0.737. The van der Waals surface area contributed by atoms with Crippen molar-refractivity contribution in [1.29, 1.82) is 0 Å². The molecule has 1 heterocycles. The van der Waals surface area contributed by atoms with Crippen LogP contribution in [0, 0.1) is 5.92 Å². The zero-order valence-electron chi connectivity index (χ0n) is 13.9. The molecular weight excluding hydrogens is 248 g/mol. The molecule has 0 radical (unpaired) electrons. The highest BCUT2D eigenvalue weighted by atomic mass is 15.2. The number of nitrogens with one attached hydrogen (secondary N) is 2. The van der Waals surface area contributed by atoms with Crippen molar-refractivity contribution in [3.05, 3.63) is 0 Å². The van der Waals surface area contributed by atoms with E-state index < -0.39 is 0 Å². The Morgan fingerprint density at radius 3 is 2.65 bits per heavy atom. The molecule has 1 aliphatic rings. The first-order chi connectivity index (χ1) is 9.63. The van der Waals surface area contributed by atoms with E-state index in [0.717, 1.165) is 31.0 Å². The van der Waals surface area contributed by atoms with E-state index in [2.05, 4.69) is 41.3 Å². The number of rotatable bonds is 7. The van der Waals surface area contributed by atoms with Gasteiger partial charge in [-0.3, -0.25) is 4.99 Å². The molecule has 118 valence electrons. The predicted octanol–water partition coefficient (Wildman–Crippen LogP) is 2.46. The van der Waals surface area contributed by atoms with Crippen LogP contribution in [0.1, 0.15) is 52.9 Å². The van der Waals surface area contributed by atoms with Crippen molar-refractivity contribution in [3.8, 4) is 0 Å². The van der Waals surface area contributed by atoms with Crippen molar-refractivity contribution >= 4 is 5.96 Å². The van der Waals surface area contributed by atoms with Gasteiger partial charge in [0.1, 0.15) is 0 Å². The summed E-state index contributed by atoms with van der Waals surface area (Å²) in [5.74, 6) is 1.68. The van der Waals surface area contributed by atoms with Crippen molar-refractivity contribution < 1.29 is 0 Å². The van der Waals surface area contributed by atoms with Crippen LogP contribution in [0.3, 0.4) is 0 Å². The Kier molecular flexibility index (Phi) is 8.67. The van der Waals surface area contributed by atoms with E-state index in [0.29, 0.717) is 0 Å². The Bertz CT molecular complexity index is 276. The van der Waals surface area contributed by atoms with E-state index in [1.807, 2.05) is 7.05 Å². The van der Waals surface area contributed by atoms with Gasteiger partial charge in [-0.1, -0.05) is 20.3 Å². The summed E-state index contributed by atoms with van der Waals surface area (Å²) in [4.78, 5) is 6.89. The summed E-state index contributed by atoms with van der Waals surface area (Å²) < 4.78 is 0. The van der Waals surface area contributed by atoms with Crippen molar-refractivity contribution in [2.75, 3.05) is 33.2 Å². The Morgan fingerprint density at radius 1 is 1.25 bits per heavy atom. The standard InChI is InChI=1S/C16H34N4/c1-14(2)9-11-19-16(17-4)18-10-7-13-20-12-6-5-8-15(20)3/h14-15H,5-13H2,1-4H3,(H2,17,18,19). The molecule has 1 atom stereocenters. The molecule has 0 aliphatic carbocycles. The van der Waals surface area contributed by atoms with E-state index in [4.69, 9.17) is 0 Å². The first kappa shape index (κ1) is 17.3. The number of hydrogen-bond acceptors (Lipinski definition) is 2. The van der Waals surface area contributed by atoms with Gasteiger partial charge in [0, 0.05) is 32.7 Å². The third kappa shape index (κ3) is 7.13. The maximum atomic E-state index is 4.26. The van der Waals surface area contributed by atoms with E-state index >= 15 is 0 Å². The molecular formula is C16H34N4. The highest BCUT2D eigenvalue weighted by Crippen LogP contribution is 2.15. The number of piperidine rings is 1. The lowest BCUT2D eigenvalue weighted by molar-refractivity contribution is 0.159. The van der Waals surface area contributed by atoms with E-state index in [1.165, 1.54) is 45.2 Å². The number of likely N-dealkylation sites (tertiary alicyclic amines) is 1. The number of guanidine groups is 1. The molecule has 4 heteroatoms. The van der Waals surface area contributed by atoms with Crippen LogP contribution in [-0.4, -0.2) is 50.1 Å². The quantitative estimate of drug-likeness (QED) is 0.428. The SMILES string of the molecule is CN=C(NCCCN1CCCCC1C)NCCC(C)C. The zero-order chi connectivity index (χ0) is 14.8. The van der Waals surface area contributed by atoms with Crippen molar-refractivity contribution in [2.45, 2.75) is 58.9 Å². The van der Waals surface area contributed by atoms with Gasteiger partial charge < -0.3 is 15.5 Å². The molecule has 0 aromatic heterocycles. The average molecular weight is 282 g/mol. The van der Waals surface area contributed by atoms with Gasteiger partial charge in [0.25, 0.3) is 0 Å². The maximum Gasteiger partial charge on any atom is 0.190 e. The summed E-state index contributed by atoms with van der Waals surface area (Å²) in [5, 5.41) is 6.78. The largest absolute Gasteiger partial charge is 0.356 e. The molecule has 1 unspecified atom stereocenters. The second-order valence-electron chi connectivity index (χ2n) is 6.34. The average Bonchev–Trinajstić information content (AvgIpc) is 2.43. The van der Waals surface area contributed by atoms with Crippen LogP contribution >= 0.6 is 0 Å². The number of aliphatic imine (C=N–C) groups is 1. The van der Waals surface area contributed by atoms with Gasteiger partial charge >= 0.3 is 0 Å². The van der Waals surface area contributed by atoms with Crippen LogP contribution < -0.4 is 10.6 Å². The number of nitrogens with zero attached hydrogens (tertiary/aromatic N) is 2. The van der Waals surface area contributed by atoms with Gasteiger partial charge in [-0.15, -0.1) is 0 Å². The van der Waals surface area contributed by atoms with Crippen molar-refractivity contribution in [1.82, 2.24) is 15.5 Å². The van der Waals surface area contributed by atoms with Crippen LogP contribution in [0.5, 0.6) is 0 Å². The molecule has 1 rings (SSSR count). The fourth-order valence-electron chi connectivity index (χ4n) is 2.68. The molecule has 2 N–H and O–H groups in total. The second-order valence-corrected chi connectivity index (χ2v) is 6.34. The lowest BCUT2D eigenvalue weighted by Gasteiger charge is -2.33. The van der Waals surface area contributed by atoms with Gasteiger partial charge in [0.15, 0.2) is 5.96 Å². The molecule has 1 fully saturated rings. The van der Waals surface area contributed by atoms with E-state index in [-0.39, 0.29) is 0 Å². The highest BCUT2D eigenvalue weighted by molar-refractivity contribution is 5.79. The van der Waals surface area contributed by atoms with Crippen LogP contribution in [0.25, 0.3) is 0 Å². The molecule has 0 aromatic carbocycles. The summed E-state index contributed by atoms with van der Waals surface area (Å²) in [7, 11) is 1.84. The third-order valence-electron chi connectivity index (χ3n) is 4.09. The molecule has 20 heavy (non-hydrogen) atoms. The molecule has 1 aliphatic heterocycles. The predicted molar refractivity (Wildman–Crippen MR) is 88.3 cm³/mol. The van der Waals surface area contributed by atoms with Gasteiger partial charge in [-0.05, 0) is 45.1 Å². The van der Waals surface area contributed by atoms with Crippen LogP contribution in [0.4, 0.5) is 0 Å². The first-order valence-corrected chi connectivity index (χ1v) is 8.32. The second kappa shape index (κ2) is 10.0. The Hall–Kier alpha value is -0.770. The van der Waals surface area contributed by atoms with Crippen molar-refractivity contribution in [2.24, 2.45) is 10.9 Å². The highest BCUT2D eigenvalue weighted by Gasteiger charge is 2.16. The molecule has 0 aromatic rings. The van der Waals surface area contributed by atoms with Gasteiger partial charge in [0.05, 0.1) is 0 Å². The van der Waals surface area contributed by atoms with Crippen LogP contribution in [0.2, 0.25) is 0 Å². The summed E-state index contributed by atoms with van der Waals surface area (Å²) in [6.07, 6.45) is 6.52. The molecule has 0 amide bonds. The van der Waals surface area contributed by atoms with Crippen LogP contribution in [0.15, 0.2) is 4.99 Å². The fourth-order valence-corrected chi connectivity index (χ4v) is 2.68. The zero-order valence-corrected chi connectivity index (χ0v) is 13.9. The van der Waals surface area contributed by atoms with Gasteiger partial charge in [-0.2, -0.15) is 0 Å². The summed E-state index contributed by atoms with van der Waals surface area (Å²) >= 11 is 0. The van der Waals surface area contributed by atoms with E-state index in [1.54, 1.807) is 0 Å².